The second-order valence-corrected chi connectivity index (χ2v) is 4.50. The van der Waals surface area contributed by atoms with Crippen LogP contribution in [-0.2, 0) is 13.0 Å². The number of benzene rings is 2. The summed E-state index contributed by atoms with van der Waals surface area (Å²) in [6, 6.07) is 15.7. The number of carbonyl (C=O) groups excluding carboxylic acids is 1. The first-order valence-corrected chi connectivity index (χ1v) is 6.58. The highest BCUT2D eigenvalue weighted by Crippen LogP contribution is 2.19. The van der Waals surface area contributed by atoms with E-state index >= 15 is 0 Å². The van der Waals surface area contributed by atoms with Crippen molar-refractivity contribution < 1.29 is 9.53 Å². The van der Waals surface area contributed by atoms with Gasteiger partial charge < -0.3 is 4.74 Å². The first kappa shape index (κ1) is 13.3. The van der Waals surface area contributed by atoms with Gasteiger partial charge in [0.1, 0.15) is 18.6 Å². The molecule has 2 heteroatoms. The minimum atomic E-state index is 0.548. The summed E-state index contributed by atoms with van der Waals surface area (Å²) in [5.41, 5.74) is 2.95. The van der Waals surface area contributed by atoms with Crippen LogP contribution >= 0.6 is 0 Å². The van der Waals surface area contributed by atoms with Crippen LogP contribution in [0.2, 0.25) is 0 Å². The van der Waals surface area contributed by atoms with Crippen LogP contribution in [0.4, 0.5) is 0 Å². The first-order valence-electron chi connectivity index (χ1n) is 6.58. The summed E-state index contributed by atoms with van der Waals surface area (Å²) < 4.78 is 5.76. The lowest BCUT2D eigenvalue weighted by Gasteiger charge is -2.09. The number of ether oxygens (including phenoxy) is 1. The fourth-order valence-corrected chi connectivity index (χ4v) is 2.01. The van der Waals surface area contributed by atoms with E-state index in [9.17, 15) is 4.79 Å². The van der Waals surface area contributed by atoms with Gasteiger partial charge in [0.15, 0.2) is 0 Å². The Labute approximate surface area is 114 Å². The number of carbonyl (C=O) groups is 1. The van der Waals surface area contributed by atoms with E-state index in [0.717, 1.165) is 41.6 Å². The number of hydrogen-bond acceptors (Lipinski definition) is 2. The molecule has 0 fully saturated rings. The Morgan fingerprint density at radius 3 is 2.58 bits per heavy atom. The molecule has 0 aliphatic rings. The van der Waals surface area contributed by atoms with Gasteiger partial charge in [0.2, 0.25) is 0 Å². The third-order valence-electron chi connectivity index (χ3n) is 3.01. The molecule has 0 aliphatic carbocycles. The molecule has 2 nitrogen and oxygen atoms in total. The van der Waals surface area contributed by atoms with Gasteiger partial charge in [-0.15, -0.1) is 0 Å². The van der Waals surface area contributed by atoms with Crippen LogP contribution < -0.4 is 4.74 Å². The number of rotatable bonds is 6. The van der Waals surface area contributed by atoms with Crippen molar-refractivity contribution in [3.05, 3.63) is 65.2 Å². The number of aryl methyl sites for hydroxylation is 1. The molecule has 0 aromatic heterocycles. The molecule has 0 spiro atoms. The zero-order valence-corrected chi connectivity index (χ0v) is 11.1. The van der Waals surface area contributed by atoms with E-state index < -0.39 is 0 Å². The highest BCUT2D eigenvalue weighted by Gasteiger charge is 2.03. The van der Waals surface area contributed by atoms with Crippen molar-refractivity contribution in [3.8, 4) is 5.75 Å². The summed E-state index contributed by atoms with van der Waals surface area (Å²) in [5, 5.41) is 0. The van der Waals surface area contributed by atoms with Crippen LogP contribution in [0.15, 0.2) is 48.5 Å². The van der Waals surface area contributed by atoms with Crippen molar-refractivity contribution in [1.29, 1.82) is 0 Å². The fraction of sp³-hybridized carbons (Fsp3) is 0.235. The van der Waals surface area contributed by atoms with E-state index in [0.29, 0.717) is 6.61 Å². The number of aldehydes is 1. The maximum atomic E-state index is 11.0. The van der Waals surface area contributed by atoms with E-state index in [-0.39, 0.29) is 0 Å². The van der Waals surface area contributed by atoms with Crippen LogP contribution in [0.3, 0.4) is 0 Å². The molecule has 19 heavy (non-hydrogen) atoms. The third-order valence-corrected chi connectivity index (χ3v) is 3.01. The molecule has 0 saturated carbocycles. The highest BCUT2D eigenvalue weighted by atomic mass is 16.5. The Hall–Kier alpha value is -2.09. The van der Waals surface area contributed by atoms with Crippen molar-refractivity contribution in [2.45, 2.75) is 26.4 Å². The molecule has 0 unspecified atom stereocenters. The zero-order valence-electron chi connectivity index (χ0n) is 11.1. The van der Waals surface area contributed by atoms with E-state index in [1.807, 2.05) is 48.5 Å². The number of hydrogen-bond donors (Lipinski definition) is 0. The average Bonchev–Trinajstić information content (AvgIpc) is 2.47. The summed E-state index contributed by atoms with van der Waals surface area (Å²) in [6.07, 6.45) is 2.82. The molecule has 0 bridgehead atoms. The molecule has 0 saturated heterocycles. The van der Waals surface area contributed by atoms with Gasteiger partial charge in [-0.1, -0.05) is 43.7 Å². The zero-order chi connectivity index (χ0) is 13.5. The standard InChI is InChI=1S/C17H18O2/c1-2-6-15-11-17(10-9-16(15)12-18)19-13-14-7-4-3-5-8-14/h3-5,7-12H,2,6,13H2,1H3. The van der Waals surface area contributed by atoms with Gasteiger partial charge in [-0.05, 0) is 35.7 Å². The molecule has 98 valence electrons. The normalized spacial score (nSPS) is 10.2. The molecular weight excluding hydrogens is 236 g/mol. The average molecular weight is 254 g/mol. The smallest absolute Gasteiger partial charge is 0.150 e. The lowest BCUT2D eigenvalue weighted by molar-refractivity contribution is 0.112. The summed E-state index contributed by atoms with van der Waals surface area (Å²) in [4.78, 5) is 11.0. The fourth-order valence-electron chi connectivity index (χ4n) is 2.01. The quantitative estimate of drug-likeness (QED) is 0.727. The lowest BCUT2D eigenvalue weighted by atomic mass is 10.0. The molecule has 0 N–H and O–H groups in total. The molecular formula is C17H18O2. The Morgan fingerprint density at radius 1 is 1.11 bits per heavy atom. The van der Waals surface area contributed by atoms with E-state index in [1.54, 1.807) is 0 Å². The first-order chi connectivity index (χ1) is 9.33. The van der Waals surface area contributed by atoms with Gasteiger partial charge >= 0.3 is 0 Å². The van der Waals surface area contributed by atoms with Gasteiger partial charge in [-0.2, -0.15) is 0 Å². The summed E-state index contributed by atoms with van der Waals surface area (Å²) >= 11 is 0. The Kier molecular flexibility index (Phi) is 4.73. The van der Waals surface area contributed by atoms with Crippen LogP contribution in [0, 0.1) is 0 Å². The third kappa shape index (κ3) is 3.68. The van der Waals surface area contributed by atoms with Gasteiger partial charge in [-0.3, -0.25) is 4.79 Å². The Balaban J connectivity index is 2.08. The Bertz CT molecular complexity index is 532. The molecule has 2 aromatic rings. The van der Waals surface area contributed by atoms with Crippen molar-refractivity contribution in [1.82, 2.24) is 0 Å². The molecule has 0 atom stereocenters. The van der Waals surface area contributed by atoms with Gasteiger partial charge in [0, 0.05) is 5.56 Å². The summed E-state index contributed by atoms with van der Waals surface area (Å²) in [7, 11) is 0. The SMILES string of the molecule is CCCc1cc(OCc2ccccc2)ccc1C=O. The molecule has 0 aliphatic heterocycles. The predicted octanol–water partition coefficient (Wildman–Crippen LogP) is 4.03. The summed E-state index contributed by atoms with van der Waals surface area (Å²) in [6.45, 7) is 2.65. The predicted molar refractivity (Wildman–Crippen MR) is 76.6 cm³/mol. The summed E-state index contributed by atoms with van der Waals surface area (Å²) in [5.74, 6) is 0.818. The maximum absolute atomic E-state index is 11.0. The van der Waals surface area contributed by atoms with E-state index in [1.165, 1.54) is 0 Å². The second-order valence-electron chi connectivity index (χ2n) is 4.50. The molecule has 2 aromatic carbocycles. The van der Waals surface area contributed by atoms with Gasteiger partial charge in [0.05, 0.1) is 0 Å². The monoisotopic (exact) mass is 254 g/mol. The van der Waals surface area contributed by atoms with Crippen LogP contribution in [0.25, 0.3) is 0 Å². The van der Waals surface area contributed by atoms with Crippen LogP contribution in [0.5, 0.6) is 5.75 Å². The highest BCUT2D eigenvalue weighted by molar-refractivity contribution is 5.77. The second kappa shape index (κ2) is 6.74. The van der Waals surface area contributed by atoms with Crippen LogP contribution in [-0.4, -0.2) is 6.29 Å². The van der Waals surface area contributed by atoms with E-state index in [2.05, 4.69) is 6.92 Å². The van der Waals surface area contributed by atoms with Crippen molar-refractivity contribution >= 4 is 6.29 Å². The van der Waals surface area contributed by atoms with Crippen LogP contribution in [0.1, 0.15) is 34.8 Å². The minimum absolute atomic E-state index is 0.548. The molecule has 0 heterocycles. The largest absolute Gasteiger partial charge is 0.489 e. The van der Waals surface area contributed by atoms with Crippen molar-refractivity contribution in [2.24, 2.45) is 0 Å². The van der Waals surface area contributed by atoms with Crippen molar-refractivity contribution in [2.75, 3.05) is 0 Å². The molecule has 0 radical (unpaired) electrons. The lowest BCUT2D eigenvalue weighted by Crippen LogP contribution is -1.98. The van der Waals surface area contributed by atoms with Gasteiger partial charge in [0.25, 0.3) is 0 Å². The topological polar surface area (TPSA) is 26.3 Å². The molecule has 0 amide bonds. The van der Waals surface area contributed by atoms with Crippen molar-refractivity contribution in [3.63, 3.8) is 0 Å². The molecule has 2 rings (SSSR count). The minimum Gasteiger partial charge on any atom is -0.489 e. The van der Waals surface area contributed by atoms with E-state index in [4.69, 9.17) is 4.74 Å². The Morgan fingerprint density at radius 2 is 1.89 bits per heavy atom. The van der Waals surface area contributed by atoms with Gasteiger partial charge in [-0.25, -0.2) is 0 Å². The maximum Gasteiger partial charge on any atom is 0.150 e.